The van der Waals surface area contributed by atoms with Crippen LogP contribution in [0.5, 0.6) is 0 Å². The van der Waals surface area contributed by atoms with Gasteiger partial charge in [-0.1, -0.05) is 13.8 Å². The highest BCUT2D eigenvalue weighted by Crippen LogP contribution is 2.23. The largest absolute Gasteiger partial charge is 0.336 e. The highest BCUT2D eigenvalue weighted by Gasteiger charge is 2.30. The highest BCUT2D eigenvalue weighted by atomic mass is 32.2. The molecule has 0 radical (unpaired) electrons. The highest BCUT2D eigenvalue weighted by molar-refractivity contribution is 7.99. The van der Waals surface area contributed by atoms with Crippen LogP contribution in [-0.4, -0.2) is 73.4 Å². The number of benzene rings is 1. The molecule has 6 nitrogen and oxygen atoms in total. The van der Waals surface area contributed by atoms with E-state index in [0.717, 1.165) is 4.90 Å². The van der Waals surface area contributed by atoms with E-state index in [1.807, 2.05) is 24.3 Å². The predicted molar refractivity (Wildman–Crippen MR) is 97.5 cm³/mol. The Morgan fingerprint density at radius 1 is 1.08 bits per heavy atom. The van der Waals surface area contributed by atoms with Crippen LogP contribution in [0.15, 0.2) is 29.2 Å². The number of hydrogen-bond acceptors (Lipinski definition) is 4. The predicted octanol–water partition coefficient (Wildman–Crippen LogP) is 1.75. The summed E-state index contributed by atoms with van der Waals surface area (Å²) in [6.07, 6.45) is 0. The van der Waals surface area contributed by atoms with Crippen LogP contribution in [-0.2, 0) is 10.2 Å². The number of rotatable bonds is 5. The lowest BCUT2D eigenvalue weighted by Crippen LogP contribution is -2.53. The third kappa shape index (κ3) is 4.50. The molecule has 1 aliphatic rings. The molecule has 0 saturated carbocycles. The Balaban J connectivity index is 1.98. The van der Waals surface area contributed by atoms with Crippen LogP contribution in [0.4, 0.5) is 0 Å². The van der Waals surface area contributed by atoms with Gasteiger partial charge in [0.15, 0.2) is 0 Å². The van der Waals surface area contributed by atoms with Gasteiger partial charge in [0.25, 0.3) is 16.1 Å². The average Bonchev–Trinajstić information content (AvgIpc) is 2.54. The normalized spacial score (nSPS) is 16.8. The van der Waals surface area contributed by atoms with E-state index in [2.05, 4.69) is 13.8 Å². The number of amides is 1. The van der Waals surface area contributed by atoms with Gasteiger partial charge in [-0.2, -0.15) is 17.0 Å². The fourth-order valence-electron chi connectivity index (χ4n) is 2.48. The molecule has 0 aliphatic carbocycles. The van der Waals surface area contributed by atoms with E-state index in [1.165, 1.54) is 22.7 Å². The number of piperazine rings is 1. The molecular formula is C16H25N3O3S2. The Labute approximate surface area is 149 Å². The van der Waals surface area contributed by atoms with Gasteiger partial charge in [-0.3, -0.25) is 4.79 Å². The quantitative estimate of drug-likeness (QED) is 0.740. The molecule has 0 atom stereocenters. The van der Waals surface area contributed by atoms with Gasteiger partial charge in [-0.05, 0) is 24.3 Å². The molecule has 1 fully saturated rings. The maximum Gasteiger partial charge on any atom is 0.281 e. The molecule has 2 rings (SSSR count). The van der Waals surface area contributed by atoms with E-state index in [9.17, 15) is 13.2 Å². The first kappa shape index (κ1) is 19.2. The zero-order chi connectivity index (χ0) is 17.9. The molecule has 0 N–H and O–H groups in total. The van der Waals surface area contributed by atoms with Crippen molar-refractivity contribution in [3.8, 4) is 0 Å². The number of nitrogens with zero attached hydrogens (tertiary/aromatic N) is 3. The van der Waals surface area contributed by atoms with Crippen molar-refractivity contribution in [1.29, 1.82) is 0 Å². The second-order valence-electron chi connectivity index (χ2n) is 6.17. The molecule has 1 aromatic carbocycles. The van der Waals surface area contributed by atoms with Crippen molar-refractivity contribution in [1.82, 2.24) is 13.5 Å². The summed E-state index contributed by atoms with van der Waals surface area (Å²) in [6.45, 7) is 5.74. The summed E-state index contributed by atoms with van der Waals surface area (Å²) in [7, 11) is -0.370. The van der Waals surface area contributed by atoms with E-state index in [1.54, 1.807) is 16.7 Å². The molecule has 0 bridgehead atoms. The van der Waals surface area contributed by atoms with Gasteiger partial charge in [0.1, 0.15) is 0 Å². The lowest BCUT2D eigenvalue weighted by atomic mass is 10.2. The summed E-state index contributed by atoms with van der Waals surface area (Å²) >= 11 is 1.76. The van der Waals surface area contributed by atoms with Crippen molar-refractivity contribution in [2.24, 2.45) is 0 Å². The summed E-state index contributed by atoms with van der Waals surface area (Å²) in [5.74, 6) is -0.0435. The number of thioether (sulfide) groups is 1. The first-order chi connectivity index (χ1) is 11.2. The fraction of sp³-hybridized carbons (Fsp3) is 0.562. The van der Waals surface area contributed by atoms with Crippen LogP contribution in [0, 0.1) is 0 Å². The Bertz CT molecular complexity index is 664. The summed E-state index contributed by atoms with van der Waals surface area (Å²) in [4.78, 5) is 15.4. The summed E-state index contributed by atoms with van der Waals surface area (Å²) in [6, 6.07) is 7.61. The maximum absolute atomic E-state index is 12.6. The van der Waals surface area contributed by atoms with E-state index < -0.39 is 10.2 Å². The molecular weight excluding hydrogens is 346 g/mol. The van der Waals surface area contributed by atoms with Crippen LogP contribution in [0.25, 0.3) is 0 Å². The van der Waals surface area contributed by atoms with Crippen molar-refractivity contribution < 1.29 is 13.2 Å². The minimum atomic E-state index is -3.40. The number of hydrogen-bond donors (Lipinski definition) is 0. The first-order valence-electron chi connectivity index (χ1n) is 7.95. The van der Waals surface area contributed by atoms with E-state index in [0.29, 0.717) is 37.0 Å². The molecule has 0 aromatic heterocycles. The summed E-state index contributed by atoms with van der Waals surface area (Å²) in [5.41, 5.74) is 0.645. The third-order valence-corrected chi connectivity index (χ3v) is 6.74. The van der Waals surface area contributed by atoms with Crippen LogP contribution in [0.1, 0.15) is 24.2 Å². The van der Waals surface area contributed by atoms with Crippen molar-refractivity contribution in [3.63, 3.8) is 0 Å². The molecule has 1 aliphatic heterocycles. The molecule has 8 heteroatoms. The zero-order valence-corrected chi connectivity index (χ0v) is 16.2. The van der Waals surface area contributed by atoms with Gasteiger partial charge >= 0.3 is 0 Å². The van der Waals surface area contributed by atoms with Gasteiger partial charge in [-0.15, -0.1) is 11.8 Å². The summed E-state index contributed by atoms with van der Waals surface area (Å²) < 4.78 is 26.8. The maximum atomic E-state index is 12.6. The molecule has 1 heterocycles. The van der Waals surface area contributed by atoms with E-state index in [-0.39, 0.29) is 5.91 Å². The molecule has 0 spiro atoms. The van der Waals surface area contributed by atoms with Crippen molar-refractivity contribution in [3.05, 3.63) is 29.8 Å². The topological polar surface area (TPSA) is 60.9 Å². The minimum absolute atomic E-state index is 0.0435. The number of carbonyl (C=O) groups excluding carboxylic acids is 1. The smallest absolute Gasteiger partial charge is 0.281 e. The van der Waals surface area contributed by atoms with Gasteiger partial charge in [0.2, 0.25) is 0 Å². The fourth-order valence-corrected chi connectivity index (χ4v) is 4.41. The van der Waals surface area contributed by atoms with Crippen LogP contribution in [0.2, 0.25) is 0 Å². The Morgan fingerprint density at radius 2 is 1.62 bits per heavy atom. The molecule has 1 aromatic rings. The van der Waals surface area contributed by atoms with Gasteiger partial charge in [0, 0.05) is 56.0 Å². The summed E-state index contributed by atoms with van der Waals surface area (Å²) in [5, 5.41) is 0.498. The van der Waals surface area contributed by atoms with Crippen molar-refractivity contribution >= 4 is 27.9 Å². The lowest BCUT2D eigenvalue weighted by Gasteiger charge is -2.35. The molecule has 1 saturated heterocycles. The zero-order valence-electron chi connectivity index (χ0n) is 14.6. The van der Waals surface area contributed by atoms with Crippen LogP contribution in [0.3, 0.4) is 0 Å². The second-order valence-corrected chi connectivity index (χ2v) is 9.96. The monoisotopic (exact) mass is 371 g/mol. The van der Waals surface area contributed by atoms with Gasteiger partial charge in [-0.25, -0.2) is 0 Å². The molecule has 134 valence electrons. The Kier molecular flexibility index (Phi) is 6.30. The molecule has 1 amide bonds. The van der Waals surface area contributed by atoms with E-state index in [4.69, 9.17) is 0 Å². The molecule has 0 unspecified atom stereocenters. The Hall–Kier alpha value is -1.09. The molecule has 24 heavy (non-hydrogen) atoms. The van der Waals surface area contributed by atoms with Crippen LogP contribution >= 0.6 is 11.8 Å². The third-order valence-electron chi connectivity index (χ3n) is 3.79. The number of carbonyl (C=O) groups is 1. The second kappa shape index (κ2) is 7.86. The SMILES string of the molecule is CC(C)Sc1ccc(C(=O)N2CCN(S(=O)(=O)N(C)C)CC2)cc1. The van der Waals surface area contributed by atoms with Gasteiger partial charge in [0.05, 0.1) is 0 Å². The first-order valence-corrected chi connectivity index (χ1v) is 10.2. The van der Waals surface area contributed by atoms with Gasteiger partial charge < -0.3 is 4.90 Å². The van der Waals surface area contributed by atoms with Crippen LogP contribution < -0.4 is 0 Å². The minimum Gasteiger partial charge on any atom is -0.336 e. The van der Waals surface area contributed by atoms with Crippen molar-refractivity contribution in [2.75, 3.05) is 40.3 Å². The average molecular weight is 372 g/mol. The lowest BCUT2D eigenvalue weighted by molar-refractivity contribution is 0.0695. The van der Waals surface area contributed by atoms with Crippen molar-refractivity contribution in [2.45, 2.75) is 24.0 Å². The Morgan fingerprint density at radius 3 is 2.08 bits per heavy atom. The standard InChI is InChI=1S/C16H25N3O3S2/c1-13(2)23-15-7-5-14(6-8-15)16(20)18-9-11-19(12-10-18)24(21,22)17(3)4/h5-8,13H,9-12H2,1-4H3. The van der Waals surface area contributed by atoms with E-state index >= 15 is 0 Å².